The molecule has 1 aliphatic carbocycles. The van der Waals surface area contributed by atoms with Gasteiger partial charge in [0.25, 0.3) is 0 Å². The predicted molar refractivity (Wildman–Crippen MR) is 105 cm³/mol. The average Bonchev–Trinajstić information content (AvgIpc) is 2.89. The normalized spacial score (nSPS) is 33.1. The molecule has 2 aliphatic heterocycles. The van der Waals surface area contributed by atoms with Crippen LogP contribution < -0.4 is 5.73 Å². The summed E-state index contributed by atoms with van der Waals surface area (Å²) >= 11 is 0. The van der Waals surface area contributed by atoms with Gasteiger partial charge in [-0.15, -0.1) is 0 Å². The highest BCUT2D eigenvalue weighted by Gasteiger charge is 2.59. The van der Waals surface area contributed by atoms with Crippen LogP contribution in [0.1, 0.15) is 43.0 Å². The first-order valence-corrected chi connectivity index (χ1v) is 10.1. The van der Waals surface area contributed by atoms with E-state index < -0.39 is 0 Å². The van der Waals surface area contributed by atoms with E-state index in [1.165, 1.54) is 6.42 Å². The van der Waals surface area contributed by atoms with Gasteiger partial charge in [0.05, 0.1) is 18.3 Å². The van der Waals surface area contributed by atoms with Crippen molar-refractivity contribution in [1.82, 2.24) is 4.90 Å². The summed E-state index contributed by atoms with van der Waals surface area (Å²) in [4.78, 5) is 15.2. The van der Waals surface area contributed by atoms with E-state index in [-0.39, 0.29) is 22.9 Å². The number of nitrogens with two attached hydrogens (primary N) is 1. The van der Waals surface area contributed by atoms with Crippen LogP contribution in [0.25, 0.3) is 0 Å². The van der Waals surface area contributed by atoms with Crippen molar-refractivity contribution in [2.24, 2.45) is 10.8 Å². The van der Waals surface area contributed by atoms with Gasteiger partial charge in [0, 0.05) is 29.6 Å². The van der Waals surface area contributed by atoms with E-state index in [1.54, 1.807) is 12.1 Å². The van der Waals surface area contributed by atoms with Gasteiger partial charge in [0.2, 0.25) is 0 Å². The molecule has 0 unspecified atom stereocenters. The molecule has 0 amide bonds. The molecular weight excluding hydrogens is 340 g/mol. The molecule has 0 radical (unpaired) electrons. The Morgan fingerprint density at radius 3 is 2.96 bits per heavy atom. The molecule has 0 spiro atoms. The molecule has 0 aromatic heterocycles. The maximum absolute atomic E-state index is 12.7. The Labute approximate surface area is 161 Å². The molecule has 4 rings (SSSR count). The number of nitrogen functional groups attached to an aromatic ring is 1. The van der Waals surface area contributed by atoms with Crippen LogP contribution >= 0.6 is 0 Å². The summed E-state index contributed by atoms with van der Waals surface area (Å²) in [5.74, 6) is -0.334. The lowest BCUT2D eigenvalue weighted by Crippen LogP contribution is -2.66. The number of hydrogen-bond acceptors (Lipinski definition) is 5. The van der Waals surface area contributed by atoms with Gasteiger partial charge in [0.15, 0.2) is 0 Å². The smallest absolute Gasteiger partial charge is 0.340 e. The van der Waals surface area contributed by atoms with E-state index >= 15 is 0 Å². The molecule has 3 atom stereocenters. The highest BCUT2D eigenvalue weighted by Crippen LogP contribution is 2.55. The highest BCUT2D eigenvalue weighted by atomic mass is 16.5. The number of esters is 1. The molecule has 1 aromatic rings. The molecule has 5 heteroatoms. The van der Waals surface area contributed by atoms with Crippen molar-refractivity contribution in [3.05, 3.63) is 42.0 Å². The van der Waals surface area contributed by atoms with Gasteiger partial charge in [-0.25, -0.2) is 4.79 Å². The first kappa shape index (κ1) is 18.5. The van der Waals surface area contributed by atoms with E-state index in [0.29, 0.717) is 24.5 Å². The van der Waals surface area contributed by atoms with Gasteiger partial charge in [-0.3, -0.25) is 0 Å². The van der Waals surface area contributed by atoms with Crippen molar-refractivity contribution in [1.29, 1.82) is 0 Å². The van der Waals surface area contributed by atoms with Crippen LogP contribution in [0.2, 0.25) is 0 Å². The number of ether oxygens (including phenoxy) is 2. The monoisotopic (exact) mass is 370 g/mol. The SMILES string of the molecule is CCN1C[C@@]2(COC(=O)c3ccccc3N)CCC[C@]3(CC=CCO[C@H]23)C1. The Morgan fingerprint density at radius 1 is 1.30 bits per heavy atom. The molecular formula is C22H30N2O3. The molecule has 5 nitrogen and oxygen atoms in total. The molecule has 1 saturated heterocycles. The van der Waals surface area contributed by atoms with Crippen LogP contribution in [0.4, 0.5) is 5.69 Å². The fourth-order valence-corrected chi connectivity index (χ4v) is 5.53. The molecule has 2 fully saturated rings. The topological polar surface area (TPSA) is 64.8 Å². The fraction of sp³-hybridized carbons (Fsp3) is 0.591. The Balaban J connectivity index is 1.59. The van der Waals surface area contributed by atoms with Gasteiger partial charge in [-0.05, 0) is 37.9 Å². The van der Waals surface area contributed by atoms with Gasteiger partial charge in [-0.1, -0.05) is 37.6 Å². The summed E-state index contributed by atoms with van der Waals surface area (Å²) in [6.45, 7) is 6.26. The maximum Gasteiger partial charge on any atom is 0.340 e. The molecule has 2 N–H and O–H groups in total. The number of benzene rings is 1. The second-order valence-corrected chi connectivity index (χ2v) is 8.43. The lowest BCUT2D eigenvalue weighted by Gasteiger charge is -2.60. The second kappa shape index (κ2) is 7.28. The first-order valence-electron chi connectivity index (χ1n) is 10.1. The standard InChI is InChI=1S/C22H30N2O3/c1-2-24-14-21-10-5-6-13-26-20(21)22(15-24,12-7-11-21)16-27-19(25)17-8-3-4-9-18(17)23/h3-6,8-9,20H,2,7,10-16,23H2,1H3/t20-,21+,22+/m0/s1. The number of allylic oxidation sites excluding steroid dienone is 1. The predicted octanol–water partition coefficient (Wildman–Crippen LogP) is 3.26. The number of nitrogens with zero attached hydrogens (tertiary/aromatic N) is 1. The maximum atomic E-state index is 12.7. The number of anilines is 1. The van der Waals surface area contributed by atoms with Crippen molar-refractivity contribution in [2.75, 3.05) is 38.6 Å². The minimum absolute atomic E-state index is 0.137. The Kier molecular flexibility index (Phi) is 4.99. The number of carbonyl (C=O) groups excluding carboxylic acids is 1. The third-order valence-corrected chi connectivity index (χ3v) is 6.71. The number of likely N-dealkylation sites (tertiary alicyclic amines) is 1. The van der Waals surface area contributed by atoms with Crippen molar-refractivity contribution in [2.45, 2.75) is 38.7 Å². The van der Waals surface area contributed by atoms with Crippen LogP contribution in [0.5, 0.6) is 0 Å². The quantitative estimate of drug-likeness (QED) is 0.501. The Bertz CT molecular complexity index is 734. The van der Waals surface area contributed by atoms with Crippen molar-refractivity contribution in [3.63, 3.8) is 0 Å². The van der Waals surface area contributed by atoms with E-state index in [1.807, 2.05) is 12.1 Å². The number of para-hydroxylation sites is 1. The van der Waals surface area contributed by atoms with E-state index in [0.717, 1.165) is 38.9 Å². The Morgan fingerprint density at radius 2 is 2.15 bits per heavy atom. The van der Waals surface area contributed by atoms with Crippen molar-refractivity contribution < 1.29 is 14.3 Å². The number of rotatable bonds is 4. The zero-order valence-electron chi connectivity index (χ0n) is 16.2. The van der Waals surface area contributed by atoms with Gasteiger partial charge >= 0.3 is 5.97 Å². The first-order chi connectivity index (χ1) is 13.1. The van der Waals surface area contributed by atoms with Crippen LogP contribution in [0, 0.1) is 10.8 Å². The molecule has 27 heavy (non-hydrogen) atoms. The van der Waals surface area contributed by atoms with Gasteiger partial charge in [-0.2, -0.15) is 0 Å². The number of piperidine rings is 1. The van der Waals surface area contributed by atoms with Crippen molar-refractivity contribution >= 4 is 11.7 Å². The van der Waals surface area contributed by atoms with Crippen LogP contribution in [0.3, 0.4) is 0 Å². The second-order valence-electron chi connectivity index (χ2n) is 8.43. The van der Waals surface area contributed by atoms with Gasteiger partial charge < -0.3 is 20.1 Å². The largest absolute Gasteiger partial charge is 0.461 e. The highest BCUT2D eigenvalue weighted by molar-refractivity contribution is 5.94. The fourth-order valence-electron chi connectivity index (χ4n) is 5.53. The lowest BCUT2D eigenvalue weighted by molar-refractivity contribution is -0.197. The Hall–Kier alpha value is -1.85. The lowest BCUT2D eigenvalue weighted by atomic mass is 9.56. The molecule has 1 aromatic carbocycles. The summed E-state index contributed by atoms with van der Waals surface area (Å²) in [7, 11) is 0. The third kappa shape index (κ3) is 3.27. The van der Waals surface area contributed by atoms with Crippen LogP contribution in [-0.2, 0) is 9.47 Å². The van der Waals surface area contributed by atoms with E-state index in [2.05, 4.69) is 24.0 Å². The molecule has 1 saturated carbocycles. The number of carbonyl (C=O) groups is 1. The minimum atomic E-state index is -0.334. The summed E-state index contributed by atoms with van der Waals surface area (Å²) in [5.41, 5.74) is 6.86. The summed E-state index contributed by atoms with van der Waals surface area (Å²) in [6.07, 6.45) is 8.99. The number of hydrogen-bond donors (Lipinski definition) is 1. The zero-order valence-corrected chi connectivity index (χ0v) is 16.2. The molecule has 2 bridgehead atoms. The summed E-state index contributed by atoms with van der Waals surface area (Å²) in [5, 5.41) is 0. The molecule has 2 heterocycles. The van der Waals surface area contributed by atoms with Gasteiger partial charge in [0.1, 0.15) is 6.61 Å². The van der Waals surface area contributed by atoms with E-state index in [9.17, 15) is 4.79 Å². The summed E-state index contributed by atoms with van der Waals surface area (Å²) in [6, 6.07) is 7.11. The minimum Gasteiger partial charge on any atom is -0.461 e. The van der Waals surface area contributed by atoms with Crippen LogP contribution in [0.15, 0.2) is 36.4 Å². The van der Waals surface area contributed by atoms with E-state index in [4.69, 9.17) is 15.2 Å². The molecule has 146 valence electrons. The summed E-state index contributed by atoms with van der Waals surface area (Å²) < 4.78 is 12.3. The average molecular weight is 370 g/mol. The third-order valence-electron chi connectivity index (χ3n) is 6.71. The molecule has 3 aliphatic rings. The van der Waals surface area contributed by atoms with Crippen molar-refractivity contribution in [3.8, 4) is 0 Å². The van der Waals surface area contributed by atoms with Crippen LogP contribution in [-0.4, -0.2) is 49.8 Å². The zero-order chi connectivity index (χ0) is 18.9.